The maximum atomic E-state index is 5.80. The van der Waals surface area contributed by atoms with Gasteiger partial charge in [-0.1, -0.05) is 16.8 Å². The van der Waals surface area contributed by atoms with Gasteiger partial charge in [-0.25, -0.2) is 0 Å². The minimum atomic E-state index is 0.523. The molecule has 1 aliphatic rings. The smallest absolute Gasteiger partial charge is 0.167 e. The number of likely N-dealkylation sites (tertiary alicyclic amines) is 1. The Bertz CT molecular complexity index is 558. The SMILES string of the molecule is Cc1ccc2onc(C3CCN(CCCl)CC3)c2c1. The van der Waals surface area contributed by atoms with Crippen LogP contribution in [0.1, 0.15) is 30.0 Å². The van der Waals surface area contributed by atoms with Gasteiger partial charge >= 0.3 is 0 Å². The lowest BCUT2D eigenvalue weighted by Gasteiger charge is -2.30. The molecule has 102 valence electrons. The lowest BCUT2D eigenvalue weighted by molar-refractivity contribution is 0.220. The van der Waals surface area contributed by atoms with Crippen LogP contribution in [0.3, 0.4) is 0 Å². The molecule has 19 heavy (non-hydrogen) atoms. The van der Waals surface area contributed by atoms with Gasteiger partial charge in [-0.15, -0.1) is 11.6 Å². The van der Waals surface area contributed by atoms with Crippen LogP contribution in [0.4, 0.5) is 0 Å². The van der Waals surface area contributed by atoms with Crippen LogP contribution in [-0.2, 0) is 0 Å². The summed E-state index contributed by atoms with van der Waals surface area (Å²) >= 11 is 5.80. The van der Waals surface area contributed by atoms with Crippen LogP contribution in [0.15, 0.2) is 22.7 Å². The molecule has 3 rings (SSSR count). The fourth-order valence-corrected chi connectivity index (χ4v) is 3.15. The molecule has 0 atom stereocenters. The Morgan fingerprint density at radius 1 is 1.37 bits per heavy atom. The van der Waals surface area contributed by atoms with Crippen molar-refractivity contribution >= 4 is 22.6 Å². The van der Waals surface area contributed by atoms with Gasteiger partial charge in [0.15, 0.2) is 5.58 Å². The Morgan fingerprint density at radius 3 is 2.89 bits per heavy atom. The lowest BCUT2D eigenvalue weighted by Crippen LogP contribution is -2.34. The summed E-state index contributed by atoms with van der Waals surface area (Å²) < 4.78 is 5.45. The third kappa shape index (κ3) is 2.63. The fourth-order valence-electron chi connectivity index (χ4n) is 2.92. The van der Waals surface area contributed by atoms with Crippen LogP contribution in [0, 0.1) is 6.92 Å². The zero-order valence-corrected chi connectivity index (χ0v) is 12.0. The number of hydrogen-bond donors (Lipinski definition) is 0. The molecule has 0 N–H and O–H groups in total. The molecule has 1 saturated heterocycles. The number of piperidine rings is 1. The number of benzene rings is 1. The van der Waals surface area contributed by atoms with E-state index in [4.69, 9.17) is 16.1 Å². The van der Waals surface area contributed by atoms with E-state index in [0.29, 0.717) is 5.92 Å². The molecule has 4 heteroatoms. The summed E-state index contributed by atoms with van der Waals surface area (Å²) in [5, 5.41) is 5.50. The molecule has 1 aromatic carbocycles. The van der Waals surface area contributed by atoms with Crippen LogP contribution >= 0.6 is 11.6 Å². The highest BCUT2D eigenvalue weighted by Gasteiger charge is 2.24. The molecule has 0 radical (unpaired) electrons. The van der Waals surface area contributed by atoms with Gasteiger partial charge in [0.2, 0.25) is 0 Å². The number of halogens is 1. The van der Waals surface area contributed by atoms with Gasteiger partial charge < -0.3 is 9.42 Å². The monoisotopic (exact) mass is 278 g/mol. The Labute approximate surface area is 118 Å². The Morgan fingerprint density at radius 2 is 2.16 bits per heavy atom. The van der Waals surface area contributed by atoms with Crippen molar-refractivity contribution in [3.05, 3.63) is 29.5 Å². The summed E-state index contributed by atoms with van der Waals surface area (Å²) in [6.45, 7) is 5.32. The minimum absolute atomic E-state index is 0.523. The average molecular weight is 279 g/mol. The first-order chi connectivity index (χ1) is 9.28. The maximum absolute atomic E-state index is 5.80. The second kappa shape index (κ2) is 5.51. The molecule has 1 aromatic heterocycles. The summed E-state index contributed by atoms with van der Waals surface area (Å²) in [6, 6.07) is 6.27. The van der Waals surface area contributed by atoms with Crippen molar-refractivity contribution in [2.75, 3.05) is 25.5 Å². The van der Waals surface area contributed by atoms with Crippen molar-refractivity contribution in [1.29, 1.82) is 0 Å². The molecular weight excluding hydrogens is 260 g/mol. The second-order valence-corrected chi connectivity index (χ2v) is 5.75. The molecule has 0 unspecified atom stereocenters. The number of fused-ring (bicyclic) bond motifs is 1. The fraction of sp³-hybridized carbons (Fsp3) is 0.533. The molecular formula is C15H19ClN2O. The van der Waals surface area contributed by atoms with Gasteiger partial charge in [0, 0.05) is 23.7 Å². The standard InChI is InChI=1S/C15H19ClN2O/c1-11-2-3-14-13(10-11)15(17-19-14)12-4-7-18(8-5-12)9-6-16/h2-3,10,12H,4-9H2,1H3. The van der Waals surface area contributed by atoms with E-state index < -0.39 is 0 Å². The predicted molar refractivity (Wildman–Crippen MR) is 77.9 cm³/mol. The summed E-state index contributed by atoms with van der Waals surface area (Å²) in [4.78, 5) is 2.43. The molecule has 0 bridgehead atoms. The van der Waals surface area contributed by atoms with E-state index in [0.717, 1.165) is 49.6 Å². The van der Waals surface area contributed by atoms with E-state index >= 15 is 0 Å². The van der Waals surface area contributed by atoms with Crippen molar-refractivity contribution < 1.29 is 4.52 Å². The van der Waals surface area contributed by atoms with Crippen LogP contribution in [0.5, 0.6) is 0 Å². The predicted octanol–water partition coefficient (Wildman–Crippen LogP) is 3.55. The molecule has 0 amide bonds. The molecule has 3 nitrogen and oxygen atoms in total. The number of hydrogen-bond acceptors (Lipinski definition) is 3. The van der Waals surface area contributed by atoms with Crippen molar-refractivity contribution in [2.24, 2.45) is 0 Å². The third-order valence-electron chi connectivity index (χ3n) is 4.03. The summed E-state index contributed by atoms with van der Waals surface area (Å²) in [7, 11) is 0. The molecule has 2 heterocycles. The number of alkyl halides is 1. The third-order valence-corrected chi connectivity index (χ3v) is 4.20. The van der Waals surface area contributed by atoms with Gasteiger partial charge in [0.25, 0.3) is 0 Å². The average Bonchev–Trinajstić information content (AvgIpc) is 2.83. The topological polar surface area (TPSA) is 29.3 Å². The zero-order chi connectivity index (χ0) is 13.2. The van der Waals surface area contributed by atoms with Crippen LogP contribution in [0.25, 0.3) is 11.0 Å². The largest absolute Gasteiger partial charge is 0.356 e. The summed E-state index contributed by atoms with van der Waals surface area (Å²) in [6.07, 6.45) is 2.29. The Kier molecular flexibility index (Phi) is 3.76. The molecule has 0 spiro atoms. The van der Waals surface area contributed by atoms with Crippen LogP contribution in [-0.4, -0.2) is 35.6 Å². The van der Waals surface area contributed by atoms with Crippen LogP contribution in [0.2, 0.25) is 0 Å². The molecule has 1 fully saturated rings. The van der Waals surface area contributed by atoms with E-state index in [-0.39, 0.29) is 0 Å². The van der Waals surface area contributed by atoms with Crippen molar-refractivity contribution in [2.45, 2.75) is 25.7 Å². The number of aryl methyl sites for hydroxylation is 1. The lowest BCUT2D eigenvalue weighted by atomic mass is 9.91. The minimum Gasteiger partial charge on any atom is -0.356 e. The van der Waals surface area contributed by atoms with E-state index in [1.807, 2.05) is 6.07 Å². The Balaban J connectivity index is 1.80. The van der Waals surface area contributed by atoms with E-state index in [2.05, 4.69) is 29.1 Å². The first kappa shape index (κ1) is 12.9. The van der Waals surface area contributed by atoms with E-state index in [9.17, 15) is 0 Å². The summed E-state index contributed by atoms with van der Waals surface area (Å²) in [5.74, 6) is 1.24. The Hall–Kier alpha value is -1.06. The van der Waals surface area contributed by atoms with Gasteiger partial charge in [0.05, 0.1) is 5.69 Å². The van der Waals surface area contributed by atoms with Gasteiger partial charge in [0.1, 0.15) is 0 Å². The molecule has 2 aromatic rings. The number of nitrogens with zero attached hydrogens (tertiary/aromatic N) is 2. The first-order valence-electron chi connectivity index (χ1n) is 6.92. The van der Waals surface area contributed by atoms with Gasteiger partial charge in [-0.3, -0.25) is 0 Å². The summed E-state index contributed by atoms with van der Waals surface area (Å²) in [5.41, 5.74) is 3.31. The highest BCUT2D eigenvalue weighted by molar-refractivity contribution is 6.18. The highest BCUT2D eigenvalue weighted by Crippen LogP contribution is 2.32. The van der Waals surface area contributed by atoms with Crippen molar-refractivity contribution in [1.82, 2.24) is 10.1 Å². The normalized spacial score (nSPS) is 18.2. The second-order valence-electron chi connectivity index (χ2n) is 5.37. The van der Waals surface area contributed by atoms with Crippen LogP contribution < -0.4 is 0 Å². The van der Waals surface area contributed by atoms with Crippen molar-refractivity contribution in [3.8, 4) is 0 Å². The maximum Gasteiger partial charge on any atom is 0.167 e. The number of aromatic nitrogens is 1. The van der Waals surface area contributed by atoms with Gasteiger partial charge in [-0.05, 0) is 45.0 Å². The van der Waals surface area contributed by atoms with Gasteiger partial charge in [-0.2, -0.15) is 0 Å². The van der Waals surface area contributed by atoms with E-state index in [1.54, 1.807) is 0 Å². The molecule has 1 aliphatic heterocycles. The molecule has 0 aliphatic carbocycles. The first-order valence-corrected chi connectivity index (χ1v) is 7.45. The van der Waals surface area contributed by atoms with Crippen molar-refractivity contribution in [3.63, 3.8) is 0 Å². The highest BCUT2D eigenvalue weighted by atomic mass is 35.5. The quantitative estimate of drug-likeness (QED) is 0.804. The zero-order valence-electron chi connectivity index (χ0n) is 11.2. The molecule has 0 saturated carbocycles. The number of rotatable bonds is 3. The van der Waals surface area contributed by atoms with E-state index in [1.165, 1.54) is 10.9 Å².